The van der Waals surface area contributed by atoms with Crippen LogP contribution in [0.2, 0.25) is 0 Å². The lowest BCUT2D eigenvalue weighted by Gasteiger charge is -2.36. The van der Waals surface area contributed by atoms with E-state index in [1.807, 2.05) is 6.07 Å². The van der Waals surface area contributed by atoms with Crippen molar-refractivity contribution in [3.05, 3.63) is 35.9 Å². The molecule has 122 valence electrons. The summed E-state index contributed by atoms with van der Waals surface area (Å²) < 4.78 is 5.41. The smallest absolute Gasteiger partial charge is 0.226 e. The topological polar surface area (TPSA) is 29.5 Å². The van der Waals surface area contributed by atoms with Crippen molar-refractivity contribution in [3.8, 4) is 0 Å². The first kappa shape index (κ1) is 17.0. The second-order valence-corrected chi connectivity index (χ2v) is 6.61. The Bertz CT molecular complexity index is 452. The van der Waals surface area contributed by atoms with Gasteiger partial charge in [-0.15, -0.1) is 0 Å². The van der Waals surface area contributed by atoms with Gasteiger partial charge in [-0.3, -0.25) is 4.79 Å². The first-order valence-electron chi connectivity index (χ1n) is 8.56. The Kier molecular flexibility index (Phi) is 6.44. The van der Waals surface area contributed by atoms with Crippen LogP contribution in [-0.4, -0.2) is 30.6 Å². The van der Waals surface area contributed by atoms with Gasteiger partial charge in [0, 0.05) is 25.7 Å². The minimum atomic E-state index is 0.130. The number of carbonyl (C=O) groups excluding carboxylic acids is 1. The number of nitrogens with zero attached hydrogens (tertiary/aromatic N) is 1. The Morgan fingerprint density at radius 2 is 1.86 bits per heavy atom. The molecule has 1 atom stereocenters. The highest BCUT2D eigenvalue weighted by atomic mass is 16.5. The number of amides is 1. The molecule has 0 bridgehead atoms. The summed E-state index contributed by atoms with van der Waals surface area (Å²) in [6, 6.07) is 10.6. The van der Waals surface area contributed by atoms with Crippen LogP contribution in [0.1, 0.15) is 51.6 Å². The normalized spacial score (nSPS) is 17.5. The number of rotatable bonds is 6. The maximum atomic E-state index is 13.1. The number of hydrogen-bond donors (Lipinski definition) is 0. The van der Waals surface area contributed by atoms with Crippen molar-refractivity contribution in [1.29, 1.82) is 0 Å². The molecule has 1 aromatic carbocycles. The third-order valence-electron chi connectivity index (χ3n) is 4.36. The zero-order valence-electron chi connectivity index (χ0n) is 14.1. The largest absolute Gasteiger partial charge is 0.381 e. The average molecular weight is 303 g/mol. The molecule has 0 aromatic heterocycles. The lowest BCUT2D eigenvalue weighted by atomic mass is 9.94. The van der Waals surface area contributed by atoms with Gasteiger partial charge in [-0.1, -0.05) is 51.1 Å². The predicted octanol–water partition coefficient (Wildman–Crippen LogP) is 4.05. The van der Waals surface area contributed by atoms with E-state index in [0.29, 0.717) is 25.0 Å². The molecule has 0 saturated carbocycles. The van der Waals surface area contributed by atoms with E-state index in [1.165, 1.54) is 5.56 Å². The molecule has 1 saturated heterocycles. The minimum Gasteiger partial charge on any atom is -0.381 e. The van der Waals surface area contributed by atoms with Crippen LogP contribution in [0, 0.1) is 11.8 Å². The van der Waals surface area contributed by atoms with Crippen LogP contribution in [0.3, 0.4) is 0 Å². The SMILES string of the molecule is CCC(c1ccccc1)N(CC(C)C)C(=O)C1CCOCC1. The molecule has 2 rings (SSSR count). The molecule has 3 nitrogen and oxygen atoms in total. The molecule has 0 N–H and O–H groups in total. The van der Waals surface area contributed by atoms with Gasteiger partial charge < -0.3 is 9.64 Å². The lowest BCUT2D eigenvalue weighted by Crippen LogP contribution is -2.42. The van der Waals surface area contributed by atoms with Crippen LogP contribution in [0.25, 0.3) is 0 Å². The summed E-state index contributed by atoms with van der Waals surface area (Å²) in [7, 11) is 0. The van der Waals surface area contributed by atoms with Crippen LogP contribution < -0.4 is 0 Å². The summed E-state index contributed by atoms with van der Waals surface area (Å²) in [5.41, 5.74) is 1.24. The van der Waals surface area contributed by atoms with Gasteiger partial charge in [0.15, 0.2) is 0 Å². The third-order valence-corrected chi connectivity index (χ3v) is 4.36. The molecule has 0 spiro atoms. The van der Waals surface area contributed by atoms with Gasteiger partial charge in [0.05, 0.1) is 6.04 Å². The monoisotopic (exact) mass is 303 g/mol. The summed E-state index contributed by atoms with van der Waals surface area (Å²) in [5, 5.41) is 0. The van der Waals surface area contributed by atoms with Crippen molar-refractivity contribution in [2.24, 2.45) is 11.8 Å². The number of ether oxygens (including phenoxy) is 1. The molecule has 22 heavy (non-hydrogen) atoms. The summed E-state index contributed by atoms with van der Waals surface area (Å²) >= 11 is 0. The fourth-order valence-electron chi connectivity index (χ4n) is 3.25. The molecule has 1 aliphatic rings. The Morgan fingerprint density at radius 1 is 1.23 bits per heavy atom. The zero-order chi connectivity index (χ0) is 15.9. The molecule has 3 heteroatoms. The lowest BCUT2D eigenvalue weighted by molar-refractivity contribution is -0.142. The molecule has 0 aliphatic carbocycles. The Balaban J connectivity index is 2.21. The van der Waals surface area contributed by atoms with Gasteiger partial charge in [0.1, 0.15) is 0 Å². The molecule has 0 radical (unpaired) electrons. The maximum absolute atomic E-state index is 13.1. The van der Waals surface area contributed by atoms with Gasteiger partial charge in [-0.05, 0) is 30.7 Å². The van der Waals surface area contributed by atoms with E-state index in [-0.39, 0.29) is 12.0 Å². The van der Waals surface area contributed by atoms with E-state index in [1.54, 1.807) is 0 Å². The number of benzene rings is 1. The van der Waals surface area contributed by atoms with Crippen molar-refractivity contribution in [1.82, 2.24) is 4.90 Å². The molecule has 1 fully saturated rings. The van der Waals surface area contributed by atoms with Crippen molar-refractivity contribution in [2.75, 3.05) is 19.8 Å². The van der Waals surface area contributed by atoms with Gasteiger partial charge in [-0.2, -0.15) is 0 Å². The van der Waals surface area contributed by atoms with Crippen LogP contribution in [-0.2, 0) is 9.53 Å². The Hall–Kier alpha value is -1.35. The quantitative estimate of drug-likeness (QED) is 0.793. The molecular weight excluding hydrogens is 274 g/mol. The molecule has 1 amide bonds. The van der Waals surface area contributed by atoms with Crippen molar-refractivity contribution in [3.63, 3.8) is 0 Å². The van der Waals surface area contributed by atoms with Gasteiger partial charge in [0.25, 0.3) is 0 Å². The second-order valence-electron chi connectivity index (χ2n) is 6.61. The van der Waals surface area contributed by atoms with Gasteiger partial charge >= 0.3 is 0 Å². The van der Waals surface area contributed by atoms with Crippen LogP contribution >= 0.6 is 0 Å². The maximum Gasteiger partial charge on any atom is 0.226 e. The molecule has 1 heterocycles. The van der Waals surface area contributed by atoms with Crippen LogP contribution in [0.5, 0.6) is 0 Å². The first-order valence-corrected chi connectivity index (χ1v) is 8.56. The van der Waals surface area contributed by atoms with E-state index in [2.05, 4.69) is 49.9 Å². The van der Waals surface area contributed by atoms with Crippen LogP contribution in [0.15, 0.2) is 30.3 Å². The summed E-state index contributed by atoms with van der Waals surface area (Å²) in [6.07, 6.45) is 2.67. The second kappa shape index (κ2) is 8.33. The molecular formula is C19H29NO2. The summed E-state index contributed by atoms with van der Waals surface area (Å²) in [5.74, 6) is 0.916. The molecule has 1 aromatic rings. The van der Waals surface area contributed by atoms with E-state index in [4.69, 9.17) is 4.74 Å². The summed E-state index contributed by atoms with van der Waals surface area (Å²) in [6.45, 7) is 8.79. The summed E-state index contributed by atoms with van der Waals surface area (Å²) in [4.78, 5) is 15.2. The fraction of sp³-hybridized carbons (Fsp3) is 0.632. The number of carbonyl (C=O) groups is 1. The van der Waals surface area contributed by atoms with Crippen molar-refractivity contribution in [2.45, 2.75) is 46.1 Å². The highest BCUT2D eigenvalue weighted by Gasteiger charge is 2.31. The fourth-order valence-corrected chi connectivity index (χ4v) is 3.25. The van der Waals surface area contributed by atoms with Gasteiger partial charge in [0.2, 0.25) is 5.91 Å². The highest BCUT2D eigenvalue weighted by molar-refractivity contribution is 5.79. The third kappa shape index (κ3) is 4.33. The average Bonchev–Trinajstić information content (AvgIpc) is 2.55. The van der Waals surface area contributed by atoms with E-state index in [9.17, 15) is 4.79 Å². The predicted molar refractivity (Wildman–Crippen MR) is 89.6 cm³/mol. The van der Waals surface area contributed by atoms with E-state index >= 15 is 0 Å². The van der Waals surface area contributed by atoms with Crippen molar-refractivity contribution < 1.29 is 9.53 Å². The molecule has 1 unspecified atom stereocenters. The van der Waals surface area contributed by atoms with Crippen LogP contribution in [0.4, 0.5) is 0 Å². The minimum absolute atomic E-state index is 0.130. The Labute approximate surface area is 134 Å². The van der Waals surface area contributed by atoms with E-state index in [0.717, 1.165) is 25.8 Å². The highest BCUT2D eigenvalue weighted by Crippen LogP contribution is 2.29. The first-order chi connectivity index (χ1) is 10.6. The number of hydrogen-bond acceptors (Lipinski definition) is 2. The van der Waals surface area contributed by atoms with Gasteiger partial charge in [-0.25, -0.2) is 0 Å². The standard InChI is InChI=1S/C19H29NO2/c1-4-18(16-8-6-5-7-9-16)20(14-15(2)3)19(21)17-10-12-22-13-11-17/h5-9,15,17-18H,4,10-14H2,1-3H3. The zero-order valence-corrected chi connectivity index (χ0v) is 14.1. The Morgan fingerprint density at radius 3 is 2.41 bits per heavy atom. The van der Waals surface area contributed by atoms with E-state index < -0.39 is 0 Å². The molecule has 1 aliphatic heterocycles. The van der Waals surface area contributed by atoms with Crippen molar-refractivity contribution >= 4 is 5.91 Å².